The number of piperidine rings is 1. The van der Waals surface area contributed by atoms with E-state index in [9.17, 15) is 0 Å². The van der Waals surface area contributed by atoms with Crippen molar-refractivity contribution >= 4 is 11.8 Å². The second-order valence-corrected chi connectivity index (χ2v) is 7.58. The summed E-state index contributed by atoms with van der Waals surface area (Å²) in [6.07, 6.45) is 5.45. The van der Waals surface area contributed by atoms with Crippen molar-refractivity contribution in [3.63, 3.8) is 0 Å². The Morgan fingerprint density at radius 2 is 1.96 bits per heavy atom. The maximum absolute atomic E-state index is 4.28. The number of hydrogen-bond donors (Lipinski definition) is 0. The molecule has 1 aromatic carbocycles. The van der Waals surface area contributed by atoms with E-state index in [1.807, 2.05) is 25.1 Å². The van der Waals surface area contributed by atoms with E-state index in [0.29, 0.717) is 12.0 Å². The molecule has 1 aromatic heterocycles. The molecule has 1 atom stereocenters. The van der Waals surface area contributed by atoms with Gasteiger partial charge in [0.25, 0.3) is 0 Å². The average Bonchev–Trinajstić information content (AvgIpc) is 3.02. The summed E-state index contributed by atoms with van der Waals surface area (Å²) in [5.41, 5.74) is 0. The number of rotatable bonds is 6. The molecule has 1 aliphatic heterocycles. The van der Waals surface area contributed by atoms with Gasteiger partial charge in [0.1, 0.15) is 12.2 Å². The Morgan fingerprint density at radius 3 is 2.61 bits per heavy atom. The minimum Gasteiger partial charge on any atom is -0.320 e. The molecule has 1 aliphatic rings. The Bertz CT molecular complexity index is 590. The minimum absolute atomic E-state index is 0.574. The van der Waals surface area contributed by atoms with Gasteiger partial charge in [-0.15, -0.1) is 22.0 Å². The maximum Gasteiger partial charge on any atom is 0.135 e. The average molecular weight is 331 g/mol. The lowest BCUT2D eigenvalue weighted by Gasteiger charge is -2.35. The molecule has 0 aliphatic carbocycles. The molecule has 3 rings (SSSR count). The lowest BCUT2D eigenvalue weighted by Crippen LogP contribution is -2.40. The molecule has 5 heteroatoms. The fourth-order valence-electron chi connectivity index (χ4n) is 3.31. The normalized spacial score (nSPS) is 18.2. The monoisotopic (exact) mass is 330 g/mol. The van der Waals surface area contributed by atoms with E-state index in [-0.39, 0.29) is 0 Å². The summed E-state index contributed by atoms with van der Waals surface area (Å²) in [6.45, 7) is 4.72. The molecule has 0 amide bonds. The summed E-state index contributed by atoms with van der Waals surface area (Å²) < 4.78 is 2.07. The molecule has 0 unspecified atom stereocenters. The number of hydrogen-bond acceptors (Lipinski definition) is 4. The second-order valence-electron chi connectivity index (χ2n) is 6.41. The first-order valence-corrected chi connectivity index (χ1v) is 9.48. The van der Waals surface area contributed by atoms with Gasteiger partial charge in [-0.25, -0.2) is 0 Å². The van der Waals surface area contributed by atoms with Gasteiger partial charge in [-0.1, -0.05) is 18.2 Å². The number of nitrogens with zero attached hydrogens (tertiary/aromatic N) is 4. The van der Waals surface area contributed by atoms with Crippen molar-refractivity contribution in [1.82, 2.24) is 19.7 Å². The highest BCUT2D eigenvalue weighted by molar-refractivity contribution is 7.99. The van der Waals surface area contributed by atoms with Crippen molar-refractivity contribution in [2.75, 3.05) is 18.8 Å². The Balaban J connectivity index is 1.41. The molecule has 124 valence electrons. The number of thioether (sulfide) groups is 1. The van der Waals surface area contributed by atoms with Crippen molar-refractivity contribution in [2.24, 2.45) is 7.05 Å². The van der Waals surface area contributed by atoms with E-state index in [2.05, 4.69) is 56.9 Å². The molecule has 0 bridgehead atoms. The highest BCUT2D eigenvalue weighted by atomic mass is 32.2. The van der Waals surface area contributed by atoms with E-state index < -0.39 is 0 Å². The Morgan fingerprint density at radius 1 is 1.22 bits per heavy atom. The summed E-state index contributed by atoms with van der Waals surface area (Å²) in [5, 5.41) is 8.30. The van der Waals surface area contributed by atoms with Crippen molar-refractivity contribution in [3.05, 3.63) is 42.5 Å². The minimum atomic E-state index is 0.574. The lowest BCUT2D eigenvalue weighted by molar-refractivity contribution is 0.156. The molecule has 0 radical (unpaired) electrons. The highest BCUT2D eigenvalue weighted by Gasteiger charge is 2.25. The van der Waals surface area contributed by atoms with Crippen LogP contribution in [-0.2, 0) is 7.05 Å². The Hall–Kier alpha value is -1.33. The van der Waals surface area contributed by atoms with Crippen LogP contribution in [0.3, 0.4) is 0 Å². The first-order chi connectivity index (χ1) is 11.2. The van der Waals surface area contributed by atoms with Crippen molar-refractivity contribution < 1.29 is 0 Å². The van der Waals surface area contributed by atoms with Crippen LogP contribution in [-0.4, -0.2) is 44.5 Å². The zero-order chi connectivity index (χ0) is 16.1. The fraction of sp³-hybridized carbons (Fsp3) is 0.556. The smallest absolute Gasteiger partial charge is 0.135 e. The number of likely N-dealkylation sites (tertiary alicyclic amines) is 1. The lowest BCUT2D eigenvalue weighted by atomic mass is 9.95. The van der Waals surface area contributed by atoms with E-state index >= 15 is 0 Å². The standard InChI is InChI=1S/C18H26N4S/c1-15(10-13-23-17-6-4-3-5-7-17)22-11-8-16(9-12-22)18-20-19-14-21(18)2/h3-7,14-16H,8-13H2,1-2H3/t15-/m1/s1. The van der Waals surface area contributed by atoms with Gasteiger partial charge in [0.05, 0.1) is 0 Å². The quantitative estimate of drug-likeness (QED) is 0.758. The maximum atomic E-state index is 4.28. The van der Waals surface area contributed by atoms with Crippen LogP contribution in [0, 0.1) is 0 Å². The van der Waals surface area contributed by atoms with Gasteiger partial charge in [0.2, 0.25) is 0 Å². The second kappa shape index (κ2) is 7.97. The molecule has 2 aromatic rings. The molecule has 1 saturated heterocycles. The largest absolute Gasteiger partial charge is 0.320 e. The third-order valence-electron chi connectivity index (χ3n) is 4.81. The van der Waals surface area contributed by atoms with Crippen LogP contribution in [0.5, 0.6) is 0 Å². The Labute approximate surface area is 143 Å². The summed E-state index contributed by atoms with van der Waals surface area (Å²) in [5.74, 6) is 2.91. The van der Waals surface area contributed by atoms with Gasteiger partial charge in [0.15, 0.2) is 0 Å². The number of benzene rings is 1. The first kappa shape index (κ1) is 16.5. The van der Waals surface area contributed by atoms with Gasteiger partial charge in [-0.05, 0) is 57.2 Å². The van der Waals surface area contributed by atoms with Gasteiger partial charge in [-0.3, -0.25) is 0 Å². The molecule has 4 nitrogen and oxygen atoms in total. The molecule has 0 saturated carbocycles. The van der Waals surface area contributed by atoms with Crippen LogP contribution < -0.4 is 0 Å². The fourth-order valence-corrected chi connectivity index (χ4v) is 4.35. The first-order valence-electron chi connectivity index (χ1n) is 8.50. The summed E-state index contributed by atoms with van der Waals surface area (Å²) >= 11 is 1.97. The van der Waals surface area contributed by atoms with Crippen molar-refractivity contribution in [1.29, 1.82) is 0 Å². The van der Waals surface area contributed by atoms with Crippen molar-refractivity contribution in [2.45, 2.75) is 43.0 Å². The molecule has 23 heavy (non-hydrogen) atoms. The van der Waals surface area contributed by atoms with Crippen LogP contribution in [0.25, 0.3) is 0 Å². The third kappa shape index (κ3) is 4.36. The zero-order valence-electron chi connectivity index (χ0n) is 14.1. The molecule has 0 spiro atoms. The van der Waals surface area contributed by atoms with Crippen LogP contribution in [0.2, 0.25) is 0 Å². The van der Waals surface area contributed by atoms with Gasteiger partial charge in [-0.2, -0.15) is 0 Å². The van der Waals surface area contributed by atoms with Crippen LogP contribution in [0.15, 0.2) is 41.6 Å². The summed E-state index contributed by atoms with van der Waals surface area (Å²) in [6, 6.07) is 11.4. The molecule has 1 fully saturated rings. The van der Waals surface area contributed by atoms with E-state index in [4.69, 9.17) is 0 Å². The molecular formula is C18H26N4S. The highest BCUT2D eigenvalue weighted by Crippen LogP contribution is 2.28. The van der Waals surface area contributed by atoms with Gasteiger partial charge < -0.3 is 9.47 Å². The van der Waals surface area contributed by atoms with E-state index in [1.54, 1.807) is 0 Å². The van der Waals surface area contributed by atoms with Crippen LogP contribution in [0.1, 0.15) is 37.9 Å². The summed E-state index contributed by atoms with van der Waals surface area (Å²) in [7, 11) is 2.05. The molecular weight excluding hydrogens is 304 g/mol. The SMILES string of the molecule is C[C@H](CCSc1ccccc1)N1CCC(c2nncn2C)CC1. The van der Waals surface area contributed by atoms with Gasteiger partial charge >= 0.3 is 0 Å². The third-order valence-corrected chi connectivity index (χ3v) is 5.86. The van der Waals surface area contributed by atoms with Crippen molar-refractivity contribution in [3.8, 4) is 0 Å². The topological polar surface area (TPSA) is 34.0 Å². The number of aryl methyl sites for hydroxylation is 1. The van der Waals surface area contributed by atoms with Gasteiger partial charge in [0, 0.05) is 23.9 Å². The predicted octanol–water partition coefficient (Wildman–Crippen LogP) is 3.57. The molecule has 2 heterocycles. The Kier molecular flexibility index (Phi) is 5.73. The molecule has 0 N–H and O–H groups in total. The van der Waals surface area contributed by atoms with Crippen LogP contribution in [0.4, 0.5) is 0 Å². The number of aromatic nitrogens is 3. The summed E-state index contributed by atoms with van der Waals surface area (Å²) in [4.78, 5) is 4.01. The van der Waals surface area contributed by atoms with Crippen LogP contribution >= 0.6 is 11.8 Å². The predicted molar refractivity (Wildman–Crippen MR) is 95.8 cm³/mol. The zero-order valence-corrected chi connectivity index (χ0v) is 14.9. The van der Waals surface area contributed by atoms with E-state index in [0.717, 1.165) is 5.82 Å². The van der Waals surface area contributed by atoms with E-state index in [1.165, 1.54) is 43.0 Å².